The van der Waals surface area contributed by atoms with Crippen LogP contribution in [-0.2, 0) is 0 Å². The normalized spacial score (nSPS) is 18.5. The highest BCUT2D eigenvalue weighted by Crippen LogP contribution is 2.33. The fraction of sp³-hybridized carbons (Fsp3) is 0.385. The zero-order valence-electron chi connectivity index (χ0n) is 10.9. The number of carbonyl (C=O) groups excluding carboxylic acids is 1. The van der Waals surface area contributed by atoms with Crippen LogP contribution in [0.4, 0.5) is 0 Å². The number of aryl methyl sites for hydroxylation is 1. The van der Waals surface area contributed by atoms with Crippen LogP contribution in [0.1, 0.15) is 40.8 Å². The van der Waals surface area contributed by atoms with E-state index in [0.29, 0.717) is 6.54 Å². The molecule has 0 bridgehead atoms. The minimum Gasteiger partial charge on any atom is -0.359 e. The summed E-state index contributed by atoms with van der Waals surface area (Å²) in [7, 11) is 0. The molecule has 0 radical (unpaired) electrons. The largest absolute Gasteiger partial charge is 0.359 e. The third-order valence-electron chi connectivity index (χ3n) is 3.33. The van der Waals surface area contributed by atoms with Crippen LogP contribution in [-0.4, -0.2) is 32.5 Å². The van der Waals surface area contributed by atoms with Gasteiger partial charge in [-0.3, -0.25) is 4.79 Å². The van der Waals surface area contributed by atoms with Gasteiger partial charge in [-0.05, 0) is 19.8 Å². The summed E-state index contributed by atoms with van der Waals surface area (Å²) >= 11 is 5.68. The van der Waals surface area contributed by atoms with E-state index in [2.05, 4.69) is 15.1 Å². The Kier molecular flexibility index (Phi) is 3.40. The average Bonchev–Trinajstić information content (AvgIpc) is 3.07. The Bertz CT molecular complexity index is 626. The molecule has 1 fully saturated rings. The molecule has 0 aliphatic carbocycles. The monoisotopic (exact) mass is 292 g/mol. The topological polar surface area (TPSA) is 72.1 Å². The van der Waals surface area contributed by atoms with Gasteiger partial charge in [-0.15, -0.1) is 0 Å². The van der Waals surface area contributed by atoms with Crippen molar-refractivity contribution in [3.8, 4) is 0 Å². The molecule has 104 valence electrons. The molecule has 1 atom stereocenters. The second-order valence-electron chi connectivity index (χ2n) is 4.75. The average molecular weight is 293 g/mol. The molecule has 0 spiro atoms. The summed E-state index contributed by atoms with van der Waals surface area (Å²) in [4.78, 5) is 22.1. The van der Waals surface area contributed by atoms with Crippen molar-refractivity contribution < 1.29 is 9.32 Å². The number of hydrogen-bond acceptors (Lipinski definition) is 5. The molecule has 6 nitrogen and oxygen atoms in total. The van der Waals surface area contributed by atoms with Crippen molar-refractivity contribution in [1.82, 2.24) is 20.0 Å². The van der Waals surface area contributed by atoms with Gasteiger partial charge in [0.25, 0.3) is 5.91 Å². The van der Waals surface area contributed by atoms with Crippen LogP contribution in [0.2, 0.25) is 5.15 Å². The summed E-state index contributed by atoms with van der Waals surface area (Å²) in [6.45, 7) is 2.53. The fourth-order valence-corrected chi connectivity index (χ4v) is 2.51. The van der Waals surface area contributed by atoms with E-state index in [9.17, 15) is 4.79 Å². The lowest BCUT2D eigenvalue weighted by atomic mass is 10.1. The lowest BCUT2D eigenvalue weighted by Gasteiger charge is -2.21. The van der Waals surface area contributed by atoms with E-state index in [1.165, 1.54) is 12.4 Å². The zero-order valence-corrected chi connectivity index (χ0v) is 11.7. The first-order valence-corrected chi connectivity index (χ1v) is 6.74. The number of carbonyl (C=O) groups is 1. The molecule has 1 unspecified atom stereocenters. The molecule has 3 heterocycles. The van der Waals surface area contributed by atoms with Crippen LogP contribution in [0.15, 0.2) is 23.0 Å². The van der Waals surface area contributed by atoms with Crippen molar-refractivity contribution >= 4 is 17.5 Å². The molecular weight excluding hydrogens is 280 g/mol. The van der Waals surface area contributed by atoms with E-state index in [4.69, 9.17) is 16.1 Å². The Labute approximate surface area is 120 Å². The van der Waals surface area contributed by atoms with Crippen molar-refractivity contribution in [3.05, 3.63) is 40.8 Å². The van der Waals surface area contributed by atoms with E-state index in [-0.39, 0.29) is 22.8 Å². The number of halogens is 1. The lowest BCUT2D eigenvalue weighted by Crippen LogP contribution is -2.31. The van der Waals surface area contributed by atoms with Gasteiger partial charge in [-0.2, -0.15) is 0 Å². The molecular formula is C13H13ClN4O2. The number of likely N-dealkylation sites (tertiary alicyclic amines) is 1. The van der Waals surface area contributed by atoms with Crippen LogP contribution < -0.4 is 0 Å². The molecule has 1 saturated heterocycles. The first-order valence-electron chi connectivity index (χ1n) is 6.37. The van der Waals surface area contributed by atoms with Crippen molar-refractivity contribution in [2.75, 3.05) is 6.54 Å². The Morgan fingerprint density at radius 1 is 1.45 bits per heavy atom. The van der Waals surface area contributed by atoms with Crippen molar-refractivity contribution in [3.63, 3.8) is 0 Å². The standard InChI is InChI=1S/C13H13ClN4O2/c1-8-5-11(20-17-8)10-3-2-4-18(10)13(19)9-6-16-12(14)7-15-9/h5-7,10H,2-4H2,1H3. The van der Waals surface area contributed by atoms with Gasteiger partial charge in [0.1, 0.15) is 10.8 Å². The van der Waals surface area contributed by atoms with E-state index in [1.54, 1.807) is 4.90 Å². The van der Waals surface area contributed by atoms with Crippen LogP contribution >= 0.6 is 11.6 Å². The summed E-state index contributed by atoms with van der Waals surface area (Å²) in [5, 5.41) is 4.15. The van der Waals surface area contributed by atoms with Gasteiger partial charge in [-0.1, -0.05) is 16.8 Å². The predicted octanol–water partition coefficient (Wildman–Crippen LogP) is 2.40. The van der Waals surface area contributed by atoms with Crippen LogP contribution in [0.3, 0.4) is 0 Å². The SMILES string of the molecule is Cc1cc(C2CCCN2C(=O)c2cnc(Cl)cn2)on1. The quantitative estimate of drug-likeness (QED) is 0.850. The molecule has 7 heteroatoms. The van der Waals surface area contributed by atoms with Gasteiger partial charge >= 0.3 is 0 Å². The molecule has 0 aromatic carbocycles. The Morgan fingerprint density at radius 3 is 2.95 bits per heavy atom. The smallest absolute Gasteiger partial charge is 0.274 e. The molecule has 2 aromatic heterocycles. The Morgan fingerprint density at radius 2 is 2.30 bits per heavy atom. The molecule has 1 aliphatic heterocycles. The van der Waals surface area contributed by atoms with E-state index in [1.807, 2.05) is 13.0 Å². The molecule has 1 aliphatic rings. The van der Waals surface area contributed by atoms with Gasteiger partial charge in [0.15, 0.2) is 5.76 Å². The number of nitrogens with zero attached hydrogens (tertiary/aromatic N) is 4. The molecule has 2 aromatic rings. The molecule has 0 N–H and O–H groups in total. The summed E-state index contributed by atoms with van der Waals surface area (Å²) < 4.78 is 5.28. The van der Waals surface area contributed by atoms with Gasteiger partial charge in [0, 0.05) is 12.6 Å². The lowest BCUT2D eigenvalue weighted by molar-refractivity contribution is 0.0708. The number of rotatable bonds is 2. The first kappa shape index (κ1) is 13.1. The Balaban J connectivity index is 1.85. The third-order valence-corrected chi connectivity index (χ3v) is 3.52. The summed E-state index contributed by atoms with van der Waals surface area (Å²) in [6, 6.07) is 1.78. The van der Waals surface area contributed by atoms with Gasteiger partial charge in [0.2, 0.25) is 0 Å². The number of amides is 1. The molecule has 20 heavy (non-hydrogen) atoms. The molecule has 0 saturated carbocycles. The first-order chi connectivity index (χ1) is 9.65. The maximum Gasteiger partial charge on any atom is 0.274 e. The van der Waals surface area contributed by atoms with Gasteiger partial charge in [-0.25, -0.2) is 9.97 Å². The van der Waals surface area contributed by atoms with Crippen LogP contribution in [0.5, 0.6) is 0 Å². The zero-order chi connectivity index (χ0) is 14.1. The summed E-state index contributed by atoms with van der Waals surface area (Å²) in [6.07, 6.45) is 4.56. The van der Waals surface area contributed by atoms with Crippen LogP contribution in [0.25, 0.3) is 0 Å². The van der Waals surface area contributed by atoms with Crippen LogP contribution in [0, 0.1) is 6.92 Å². The number of hydrogen-bond donors (Lipinski definition) is 0. The van der Waals surface area contributed by atoms with Crippen molar-refractivity contribution in [2.45, 2.75) is 25.8 Å². The third kappa shape index (κ3) is 2.38. The summed E-state index contributed by atoms with van der Waals surface area (Å²) in [5.74, 6) is 0.556. The van der Waals surface area contributed by atoms with E-state index in [0.717, 1.165) is 24.3 Å². The second-order valence-corrected chi connectivity index (χ2v) is 5.14. The highest BCUT2D eigenvalue weighted by Gasteiger charge is 2.33. The van der Waals surface area contributed by atoms with Gasteiger partial charge < -0.3 is 9.42 Å². The summed E-state index contributed by atoms with van der Waals surface area (Å²) in [5.41, 5.74) is 1.10. The fourth-order valence-electron chi connectivity index (χ4n) is 2.42. The molecule has 3 rings (SSSR count). The maximum atomic E-state index is 12.5. The predicted molar refractivity (Wildman–Crippen MR) is 71.3 cm³/mol. The van der Waals surface area contributed by atoms with E-state index >= 15 is 0 Å². The highest BCUT2D eigenvalue weighted by molar-refractivity contribution is 6.29. The van der Waals surface area contributed by atoms with Gasteiger partial charge in [0.05, 0.1) is 24.1 Å². The highest BCUT2D eigenvalue weighted by atomic mass is 35.5. The second kappa shape index (κ2) is 5.20. The van der Waals surface area contributed by atoms with Crippen molar-refractivity contribution in [1.29, 1.82) is 0 Å². The number of aromatic nitrogens is 3. The van der Waals surface area contributed by atoms with E-state index < -0.39 is 0 Å². The maximum absolute atomic E-state index is 12.5. The van der Waals surface area contributed by atoms with Crippen molar-refractivity contribution in [2.24, 2.45) is 0 Å². The molecule has 1 amide bonds. The Hall–Kier alpha value is -1.95. The minimum atomic E-state index is -0.161. The minimum absolute atomic E-state index is 0.0822.